The van der Waals surface area contributed by atoms with Gasteiger partial charge in [-0.1, -0.05) is 13.8 Å². The summed E-state index contributed by atoms with van der Waals surface area (Å²) in [6.45, 7) is 3.65. The molecule has 2 unspecified atom stereocenters. The molecule has 0 aromatic rings. The summed E-state index contributed by atoms with van der Waals surface area (Å²) < 4.78 is 30.0. The van der Waals surface area contributed by atoms with Gasteiger partial charge >= 0.3 is 0 Å². The lowest BCUT2D eigenvalue weighted by Crippen LogP contribution is -2.47. The van der Waals surface area contributed by atoms with E-state index in [-0.39, 0.29) is 38.1 Å². The molecule has 0 aliphatic carbocycles. The molecule has 0 spiro atoms. The van der Waals surface area contributed by atoms with Gasteiger partial charge in [-0.2, -0.15) is 8.42 Å². The molecule has 0 aliphatic rings. The van der Waals surface area contributed by atoms with Gasteiger partial charge in [-0.3, -0.25) is 9.45 Å². The topological polar surface area (TPSA) is 118 Å². The quantitative estimate of drug-likeness (QED) is 0.311. The first-order chi connectivity index (χ1) is 8.71. The van der Waals surface area contributed by atoms with E-state index in [1.54, 1.807) is 0 Å². The summed E-state index contributed by atoms with van der Waals surface area (Å²) in [5.41, 5.74) is 0. The normalized spacial score (nSPS) is 16.0. The van der Waals surface area contributed by atoms with Crippen molar-refractivity contribution < 1.29 is 28.3 Å². The molecule has 116 valence electrons. The molecule has 8 heteroatoms. The zero-order valence-corrected chi connectivity index (χ0v) is 12.3. The van der Waals surface area contributed by atoms with Crippen LogP contribution in [0.15, 0.2) is 0 Å². The molecule has 0 rings (SSSR count). The highest BCUT2D eigenvalue weighted by molar-refractivity contribution is 7.85. The summed E-state index contributed by atoms with van der Waals surface area (Å²) >= 11 is 0. The van der Waals surface area contributed by atoms with E-state index in [9.17, 15) is 18.6 Å². The second-order valence-electron chi connectivity index (χ2n) is 4.98. The van der Waals surface area contributed by atoms with Gasteiger partial charge in [-0.15, -0.1) is 0 Å². The van der Waals surface area contributed by atoms with Crippen LogP contribution in [0.4, 0.5) is 0 Å². The van der Waals surface area contributed by atoms with Gasteiger partial charge < -0.3 is 15.3 Å². The van der Waals surface area contributed by atoms with Crippen molar-refractivity contribution in [3.05, 3.63) is 0 Å². The summed E-state index contributed by atoms with van der Waals surface area (Å²) in [6.07, 6.45) is -0.697. The van der Waals surface area contributed by atoms with E-state index in [4.69, 9.17) is 9.66 Å². The number of rotatable bonds is 10. The molecule has 0 saturated heterocycles. The number of aliphatic hydroxyl groups is 3. The van der Waals surface area contributed by atoms with E-state index in [1.807, 2.05) is 13.8 Å². The van der Waals surface area contributed by atoms with Gasteiger partial charge in [0.1, 0.15) is 6.23 Å². The Hall–Kier alpha value is -0.250. The second kappa shape index (κ2) is 8.83. The molecular formula is C11H25NO6S. The average Bonchev–Trinajstić information content (AvgIpc) is 2.29. The highest BCUT2D eigenvalue weighted by Crippen LogP contribution is 2.15. The van der Waals surface area contributed by atoms with Crippen LogP contribution in [0.2, 0.25) is 0 Å². The van der Waals surface area contributed by atoms with Crippen molar-refractivity contribution in [3.8, 4) is 0 Å². The summed E-state index contributed by atoms with van der Waals surface area (Å²) in [5.74, 6) is -0.275. The lowest BCUT2D eigenvalue weighted by molar-refractivity contribution is -0.0528. The lowest BCUT2D eigenvalue weighted by Gasteiger charge is -2.34. The van der Waals surface area contributed by atoms with Crippen molar-refractivity contribution in [2.75, 3.05) is 25.5 Å². The predicted molar refractivity (Wildman–Crippen MR) is 71.2 cm³/mol. The smallest absolute Gasteiger partial charge is 0.265 e. The molecule has 0 saturated carbocycles. The maximum atomic E-state index is 10.7. The molecular weight excluding hydrogens is 274 g/mol. The van der Waals surface area contributed by atoms with E-state index in [1.165, 1.54) is 4.90 Å². The summed E-state index contributed by atoms with van der Waals surface area (Å²) in [4.78, 5) is 1.46. The third-order valence-corrected chi connectivity index (χ3v) is 3.55. The van der Waals surface area contributed by atoms with Crippen molar-refractivity contribution in [2.45, 2.75) is 39.0 Å². The van der Waals surface area contributed by atoms with E-state index < -0.39 is 22.1 Å². The third kappa shape index (κ3) is 8.51. The Morgan fingerprint density at radius 3 is 2.16 bits per heavy atom. The second-order valence-corrected chi connectivity index (χ2v) is 6.55. The maximum absolute atomic E-state index is 10.7. The van der Waals surface area contributed by atoms with Crippen molar-refractivity contribution in [1.29, 1.82) is 0 Å². The van der Waals surface area contributed by atoms with Crippen molar-refractivity contribution in [3.63, 3.8) is 0 Å². The Kier molecular flexibility index (Phi) is 8.71. The minimum absolute atomic E-state index is 0.130. The van der Waals surface area contributed by atoms with Gasteiger partial charge in [0, 0.05) is 19.0 Å². The minimum atomic E-state index is -4.13. The Bertz CT molecular complexity index is 332. The van der Waals surface area contributed by atoms with Crippen LogP contribution in [-0.4, -0.2) is 71.0 Å². The van der Waals surface area contributed by atoms with Crippen LogP contribution in [0.25, 0.3) is 0 Å². The van der Waals surface area contributed by atoms with Crippen LogP contribution in [0.3, 0.4) is 0 Å². The maximum Gasteiger partial charge on any atom is 0.265 e. The highest BCUT2D eigenvalue weighted by Gasteiger charge is 2.25. The zero-order chi connectivity index (χ0) is 15.1. The monoisotopic (exact) mass is 299 g/mol. The Balaban J connectivity index is 4.66. The van der Waals surface area contributed by atoms with E-state index in [0.29, 0.717) is 6.42 Å². The van der Waals surface area contributed by atoms with E-state index >= 15 is 0 Å². The Morgan fingerprint density at radius 1 is 1.21 bits per heavy atom. The SMILES string of the molecule is CC(C)CC(CO)N(CCO)C(O)CCS(=O)(=O)O. The first kappa shape index (κ1) is 18.8. The minimum Gasteiger partial charge on any atom is -0.395 e. The summed E-state index contributed by atoms with van der Waals surface area (Å²) in [7, 11) is -4.13. The fourth-order valence-electron chi connectivity index (χ4n) is 1.97. The molecule has 0 bridgehead atoms. The fraction of sp³-hybridized carbons (Fsp3) is 1.00. The highest BCUT2D eigenvalue weighted by atomic mass is 32.2. The fourth-order valence-corrected chi connectivity index (χ4v) is 2.48. The number of aliphatic hydroxyl groups excluding tert-OH is 3. The van der Waals surface area contributed by atoms with Gasteiger partial charge in [0.2, 0.25) is 0 Å². The van der Waals surface area contributed by atoms with Gasteiger partial charge in [0.25, 0.3) is 10.1 Å². The zero-order valence-electron chi connectivity index (χ0n) is 11.4. The molecule has 0 aliphatic heterocycles. The van der Waals surface area contributed by atoms with E-state index in [2.05, 4.69) is 0 Å². The Labute approximate surface area is 114 Å². The molecule has 0 aromatic carbocycles. The van der Waals surface area contributed by atoms with Gasteiger partial charge in [-0.25, -0.2) is 0 Å². The molecule has 4 N–H and O–H groups in total. The van der Waals surface area contributed by atoms with Crippen molar-refractivity contribution >= 4 is 10.1 Å². The average molecular weight is 299 g/mol. The van der Waals surface area contributed by atoms with Crippen LogP contribution in [0.1, 0.15) is 26.7 Å². The van der Waals surface area contributed by atoms with Gasteiger partial charge in [0.05, 0.1) is 19.0 Å². The first-order valence-electron chi connectivity index (χ1n) is 6.32. The molecule has 0 amide bonds. The number of hydrogen-bond donors (Lipinski definition) is 4. The Morgan fingerprint density at radius 2 is 1.79 bits per heavy atom. The largest absolute Gasteiger partial charge is 0.395 e. The van der Waals surface area contributed by atoms with Crippen molar-refractivity contribution in [1.82, 2.24) is 4.90 Å². The molecule has 0 aromatic heterocycles. The number of nitrogens with zero attached hydrogens (tertiary/aromatic N) is 1. The number of hydrogen-bond acceptors (Lipinski definition) is 6. The summed E-state index contributed by atoms with van der Waals surface area (Å²) in [5, 5.41) is 28.3. The summed E-state index contributed by atoms with van der Waals surface area (Å²) in [6, 6.07) is -0.358. The molecule has 0 radical (unpaired) electrons. The molecule has 0 heterocycles. The van der Waals surface area contributed by atoms with Crippen LogP contribution in [0, 0.1) is 5.92 Å². The van der Waals surface area contributed by atoms with Crippen LogP contribution in [0.5, 0.6) is 0 Å². The van der Waals surface area contributed by atoms with Crippen molar-refractivity contribution in [2.24, 2.45) is 5.92 Å². The van der Waals surface area contributed by atoms with Crippen LogP contribution < -0.4 is 0 Å². The van der Waals surface area contributed by atoms with Gasteiger partial charge in [0.15, 0.2) is 0 Å². The van der Waals surface area contributed by atoms with Crippen LogP contribution >= 0.6 is 0 Å². The first-order valence-corrected chi connectivity index (χ1v) is 7.92. The predicted octanol–water partition coefficient (Wildman–Crippen LogP) is -0.716. The molecule has 2 atom stereocenters. The van der Waals surface area contributed by atoms with Crippen LogP contribution in [-0.2, 0) is 10.1 Å². The third-order valence-electron chi connectivity index (χ3n) is 2.80. The molecule has 19 heavy (non-hydrogen) atoms. The lowest BCUT2D eigenvalue weighted by atomic mass is 10.0. The molecule has 7 nitrogen and oxygen atoms in total. The molecule has 0 fully saturated rings. The standard InChI is InChI=1S/C11H25NO6S/c1-9(2)7-10(8-14)12(4-5-13)11(15)3-6-19(16,17)18/h9-11,13-15H,3-8H2,1-2H3,(H,16,17,18). The van der Waals surface area contributed by atoms with E-state index in [0.717, 1.165) is 0 Å². The van der Waals surface area contributed by atoms with Gasteiger partial charge in [-0.05, 0) is 12.3 Å².